The van der Waals surface area contributed by atoms with Crippen molar-refractivity contribution in [1.82, 2.24) is 14.8 Å². The molecule has 0 aliphatic carbocycles. The van der Waals surface area contributed by atoms with Crippen LogP contribution in [0.3, 0.4) is 0 Å². The Morgan fingerprint density at radius 1 is 1.12 bits per heavy atom. The molecular formula is C21H28N8O3. The smallest absolute Gasteiger partial charge is 0.325 e. The van der Waals surface area contributed by atoms with E-state index in [1.165, 1.54) is 0 Å². The number of benzene rings is 1. The number of nitrogen functional groups attached to an aromatic ring is 1. The van der Waals surface area contributed by atoms with Crippen LogP contribution in [0.1, 0.15) is 6.92 Å². The molecule has 5 N–H and O–H groups in total. The molecule has 0 bridgehead atoms. The summed E-state index contributed by atoms with van der Waals surface area (Å²) in [6.45, 7) is 5.25. The fraction of sp³-hybridized carbons (Fsp3) is 0.381. The summed E-state index contributed by atoms with van der Waals surface area (Å²) < 4.78 is 5.52. The molecule has 2 aromatic rings. The van der Waals surface area contributed by atoms with E-state index < -0.39 is 6.04 Å². The van der Waals surface area contributed by atoms with Crippen LogP contribution in [0, 0.1) is 0 Å². The van der Waals surface area contributed by atoms with Gasteiger partial charge < -0.3 is 26.4 Å². The van der Waals surface area contributed by atoms with E-state index in [1.807, 2.05) is 0 Å². The van der Waals surface area contributed by atoms with Crippen LogP contribution in [-0.4, -0.2) is 72.5 Å². The highest BCUT2D eigenvalue weighted by Crippen LogP contribution is 2.30. The lowest BCUT2D eigenvalue weighted by molar-refractivity contribution is -0.136. The quantitative estimate of drug-likeness (QED) is 0.333. The van der Waals surface area contributed by atoms with Crippen molar-refractivity contribution < 1.29 is 14.3 Å². The Bertz CT molecular complexity index is 987. The number of hydrogen-bond acceptors (Lipinski definition) is 10. The van der Waals surface area contributed by atoms with E-state index in [1.54, 1.807) is 43.3 Å². The zero-order valence-corrected chi connectivity index (χ0v) is 18.2. The van der Waals surface area contributed by atoms with Crippen LogP contribution >= 0.6 is 0 Å². The minimum Gasteiger partial charge on any atom is -0.423 e. The Morgan fingerprint density at radius 3 is 2.50 bits per heavy atom. The number of rotatable bonds is 7. The molecule has 3 rings (SSSR count). The van der Waals surface area contributed by atoms with Crippen molar-refractivity contribution in [3.05, 3.63) is 36.4 Å². The molecule has 170 valence electrons. The van der Waals surface area contributed by atoms with Gasteiger partial charge in [-0.3, -0.25) is 14.5 Å². The molecule has 0 saturated carbocycles. The number of piperazine rings is 1. The van der Waals surface area contributed by atoms with E-state index in [4.69, 9.17) is 16.2 Å². The van der Waals surface area contributed by atoms with E-state index in [9.17, 15) is 9.59 Å². The zero-order chi connectivity index (χ0) is 23.1. The number of aromatic nitrogens is 1. The number of para-hydroxylation sites is 1. The molecule has 0 unspecified atom stereocenters. The van der Waals surface area contributed by atoms with Crippen molar-refractivity contribution in [2.75, 3.05) is 50.8 Å². The predicted molar refractivity (Wildman–Crippen MR) is 121 cm³/mol. The molecule has 1 saturated heterocycles. The fourth-order valence-corrected chi connectivity index (χ4v) is 2.94. The summed E-state index contributed by atoms with van der Waals surface area (Å²) in [6, 6.07) is 9.31. The number of carbonyl (C=O) groups excluding carboxylic acids is 2. The van der Waals surface area contributed by atoms with Crippen LogP contribution in [0.25, 0.3) is 0 Å². The predicted octanol–water partition coefficient (Wildman–Crippen LogP) is 1.52. The molecule has 1 fully saturated rings. The second-order valence-corrected chi connectivity index (χ2v) is 7.60. The molecular weight excluding hydrogens is 412 g/mol. The van der Waals surface area contributed by atoms with E-state index in [-0.39, 0.29) is 30.1 Å². The summed E-state index contributed by atoms with van der Waals surface area (Å²) >= 11 is 0. The van der Waals surface area contributed by atoms with Crippen LogP contribution in [0.2, 0.25) is 0 Å². The molecule has 1 aliphatic heterocycles. The Balaban J connectivity index is 1.65. The van der Waals surface area contributed by atoms with E-state index in [0.717, 1.165) is 26.2 Å². The number of nitrogens with two attached hydrogens (primary N) is 2. The number of ether oxygens (including phenoxy) is 1. The van der Waals surface area contributed by atoms with Gasteiger partial charge in [0.2, 0.25) is 5.91 Å². The normalized spacial score (nSPS) is 16.1. The number of anilines is 2. The van der Waals surface area contributed by atoms with Gasteiger partial charge in [0.25, 0.3) is 0 Å². The monoisotopic (exact) mass is 440 g/mol. The minimum absolute atomic E-state index is 0.0840. The molecule has 0 spiro atoms. The number of pyridine rings is 1. The number of esters is 1. The van der Waals surface area contributed by atoms with Crippen molar-refractivity contribution >= 4 is 34.9 Å². The highest BCUT2D eigenvalue weighted by molar-refractivity contribution is 5.93. The number of nitrogens with zero attached hydrogens (tertiary/aromatic N) is 5. The highest BCUT2D eigenvalue weighted by Gasteiger charge is 2.18. The summed E-state index contributed by atoms with van der Waals surface area (Å²) in [5.41, 5.74) is 12.1. The molecule has 11 heteroatoms. The molecule has 1 aliphatic rings. The van der Waals surface area contributed by atoms with Crippen LogP contribution < -0.4 is 21.5 Å². The third-order valence-electron chi connectivity index (χ3n) is 4.87. The maximum Gasteiger partial charge on any atom is 0.325 e. The summed E-state index contributed by atoms with van der Waals surface area (Å²) in [5.74, 6) is -0.0725. The van der Waals surface area contributed by atoms with E-state index >= 15 is 0 Å². The largest absolute Gasteiger partial charge is 0.423 e. The minimum atomic E-state index is -0.673. The van der Waals surface area contributed by atoms with Crippen molar-refractivity contribution in [1.29, 1.82) is 0 Å². The molecule has 2 heterocycles. The summed E-state index contributed by atoms with van der Waals surface area (Å²) in [4.78, 5) is 32.4. The van der Waals surface area contributed by atoms with Gasteiger partial charge >= 0.3 is 5.97 Å². The van der Waals surface area contributed by atoms with Gasteiger partial charge in [0, 0.05) is 26.2 Å². The Morgan fingerprint density at radius 2 is 1.81 bits per heavy atom. The Hall–Kier alpha value is -3.41. The lowest BCUT2D eigenvalue weighted by Crippen LogP contribution is -2.46. The van der Waals surface area contributed by atoms with Gasteiger partial charge in [-0.1, -0.05) is 12.1 Å². The van der Waals surface area contributed by atoms with E-state index in [0.29, 0.717) is 17.1 Å². The second kappa shape index (κ2) is 10.8. The van der Waals surface area contributed by atoms with Crippen molar-refractivity contribution in [2.45, 2.75) is 13.0 Å². The Labute approximate surface area is 186 Å². The number of azo groups is 1. The van der Waals surface area contributed by atoms with Crippen LogP contribution in [0.15, 0.2) is 46.6 Å². The van der Waals surface area contributed by atoms with Crippen molar-refractivity contribution in [3.8, 4) is 5.75 Å². The summed E-state index contributed by atoms with van der Waals surface area (Å²) in [5, 5.41) is 10.8. The number of hydrogen-bond donors (Lipinski definition) is 3. The fourth-order valence-electron chi connectivity index (χ4n) is 2.94. The number of nitrogens with one attached hydrogen (secondary N) is 1. The second-order valence-electron chi connectivity index (χ2n) is 7.60. The number of likely N-dealkylation sites (N-methyl/N-ethyl adjacent to an activating group) is 1. The first-order chi connectivity index (χ1) is 15.3. The number of carbonyl (C=O) groups is 2. The first kappa shape index (κ1) is 23.3. The zero-order valence-electron chi connectivity index (χ0n) is 18.2. The van der Waals surface area contributed by atoms with Gasteiger partial charge in [0.15, 0.2) is 11.6 Å². The Kier molecular flexibility index (Phi) is 7.82. The average Bonchev–Trinajstić information content (AvgIpc) is 2.75. The first-order valence-electron chi connectivity index (χ1n) is 10.3. The topological polar surface area (TPSA) is 152 Å². The van der Waals surface area contributed by atoms with Gasteiger partial charge in [0.05, 0.1) is 12.6 Å². The van der Waals surface area contributed by atoms with Gasteiger partial charge in [-0.15, -0.1) is 10.2 Å². The molecule has 1 aromatic heterocycles. The van der Waals surface area contributed by atoms with Gasteiger partial charge in [-0.05, 0) is 38.2 Å². The van der Waals surface area contributed by atoms with Crippen molar-refractivity contribution in [2.24, 2.45) is 16.0 Å². The van der Waals surface area contributed by atoms with E-state index in [2.05, 4.69) is 37.4 Å². The molecule has 1 aromatic carbocycles. The SMILES string of the molecule is C[C@H](N)C(=O)Nc1ccc(/N=N/c2ccccc2OC(=O)CN2CCN(C)CC2)c(N)n1. The van der Waals surface area contributed by atoms with Gasteiger partial charge in [-0.2, -0.15) is 0 Å². The van der Waals surface area contributed by atoms with Crippen molar-refractivity contribution in [3.63, 3.8) is 0 Å². The lowest BCUT2D eigenvalue weighted by atomic mass is 10.3. The molecule has 0 radical (unpaired) electrons. The lowest BCUT2D eigenvalue weighted by Gasteiger charge is -2.31. The molecule has 1 amide bonds. The van der Waals surface area contributed by atoms with Crippen LogP contribution in [0.4, 0.5) is 23.0 Å². The first-order valence-corrected chi connectivity index (χ1v) is 10.3. The van der Waals surface area contributed by atoms with Gasteiger partial charge in [0.1, 0.15) is 17.2 Å². The average molecular weight is 441 g/mol. The third-order valence-corrected chi connectivity index (χ3v) is 4.87. The maximum atomic E-state index is 12.4. The standard InChI is InChI=1S/C21H28N8O3/c1-14(22)21(31)25-18-8-7-16(20(23)24-18)27-26-15-5-3-4-6-17(15)32-19(30)13-29-11-9-28(2)10-12-29/h3-8,14H,9-13,22H2,1-2H3,(H3,23,24,25,31)/b27-26+/t14-/m0/s1. The number of amides is 1. The summed E-state index contributed by atoms with van der Waals surface area (Å²) in [7, 11) is 2.06. The molecule has 11 nitrogen and oxygen atoms in total. The molecule has 32 heavy (non-hydrogen) atoms. The maximum absolute atomic E-state index is 12.4. The van der Waals surface area contributed by atoms with Gasteiger partial charge in [-0.25, -0.2) is 4.98 Å². The summed E-state index contributed by atoms with van der Waals surface area (Å²) in [6.07, 6.45) is 0. The highest BCUT2D eigenvalue weighted by atomic mass is 16.5. The van der Waals surface area contributed by atoms with Crippen LogP contribution in [-0.2, 0) is 9.59 Å². The third kappa shape index (κ3) is 6.54. The molecule has 1 atom stereocenters. The van der Waals surface area contributed by atoms with Crippen LogP contribution in [0.5, 0.6) is 5.75 Å².